The Bertz CT molecular complexity index is 725. The molecule has 0 atom stereocenters. The van der Waals surface area contributed by atoms with E-state index in [-0.39, 0.29) is 6.54 Å². The standard InChI is InChI=1S/C18H24ClN5O2/c1-2-23(13-18(25)26)16-7-9-22(10-8-16)11-15-12-24(21-20-15)17-5-3-14(19)4-6-17/h3-6,12,16H,2,7-11,13H2,1H3,(H,25,26). The van der Waals surface area contributed by atoms with E-state index in [1.54, 1.807) is 4.68 Å². The monoisotopic (exact) mass is 377 g/mol. The molecule has 1 aromatic heterocycles. The number of carboxylic acids is 1. The smallest absolute Gasteiger partial charge is 0.317 e. The van der Waals surface area contributed by atoms with Crippen molar-refractivity contribution in [1.29, 1.82) is 0 Å². The molecule has 0 aliphatic carbocycles. The fourth-order valence-corrected chi connectivity index (χ4v) is 3.56. The minimum absolute atomic E-state index is 0.122. The molecular weight excluding hydrogens is 354 g/mol. The van der Waals surface area contributed by atoms with Crippen LogP contribution in [0.25, 0.3) is 5.69 Å². The van der Waals surface area contributed by atoms with Crippen LogP contribution in [-0.2, 0) is 11.3 Å². The lowest BCUT2D eigenvalue weighted by molar-refractivity contribution is -0.139. The lowest BCUT2D eigenvalue weighted by Gasteiger charge is -2.37. The van der Waals surface area contributed by atoms with Crippen molar-refractivity contribution >= 4 is 17.6 Å². The van der Waals surface area contributed by atoms with E-state index >= 15 is 0 Å². The van der Waals surface area contributed by atoms with E-state index in [9.17, 15) is 4.79 Å². The zero-order chi connectivity index (χ0) is 18.5. The summed E-state index contributed by atoms with van der Waals surface area (Å²) in [7, 11) is 0. The van der Waals surface area contributed by atoms with Crippen molar-refractivity contribution in [3.8, 4) is 5.69 Å². The van der Waals surface area contributed by atoms with Gasteiger partial charge in [0.2, 0.25) is 0 Å². The summed E-state index contributed by atoms with van der Waals surface area (Å²) in [6.07, 6.45) is 3.90. The topological polar surface area (TPSA) is 74.5 Å². The molecular formula is C18H24ClN5O2. The van der Waals surface area contributed by atoms with Crippen LogP contribution in [0.3, 0.4) is 0 Å². The summed E-state index contributed by atoms with van der Waals surface area (Å²) in [4.78, 5) is 15.4. The van der Waals surface area contributed by atoms with Gasteiger partial charge in [-0.3, -0.25) is 14.6 Å². The molecule has 1 N–H and O–H groups in total. The van der Waals surface area contributed by atoms with E-state index in [0.29, 0.717) is 11.1 Å². The number of aromatic nitrogens is 3. The Morgan fingerprint density at radius 1 is 1.31 bits per heavy atom. The number of piperidine rings is 1. The third kappa shape index (κ3) is 4.81. The van der Waals surface area contributed by atoms with Crippen molar-refractivity contribution in [2.24, 2.45) is 0 Å². The maximum absolute atomic E-state index is 11.0. The molecule has 1 aromatic carbocycles. The van der Waals surface area contributed by atoms with Crippen molar-refractivity contribution in [1.82, 2.24) is 24.8 Å². The molecule has 2 heterocycles. The molecule has 1 saturated heterocycles. The number of likely N-dealkylation sites (N-methyl/N-ethyl adjacent to an activating group) is 1. The van der Waals surface area contributed by atoms with Crippen LogP contribution in [0.1, 0.15) is 25.5 Å². The first-order valence-electron chi connectivity index (χ1n) is 8.90. The van der Waals surface area contributed by atoms with Gasteiger partial charge in [0, 0.05) is 30.7 Å². The molecule has 0 spiro atoms. The third-order valence-electron chi connectivity index (χ3n) is 4.84. The zero-order valence-electron chi connectivity index (χ0n) is 14.9. The lowest BCUT2D eigenvalue weighted by Crippen LogP contribution is -2.46. The Balaban J connectivity index is 1.53. The Morgan fingerprint density at radius 3 is 2.62 bits per heavy atom. The molecule has 1 aliphatic heterocycles. The predicted molar refractivity (Wildman–Crippen MR) is 99.6 cm³/mol. The normalized spacial score (nSPS) is 16.3. The summed E-state index contributed by atoms with van der Waals surface area (Å²) in [5.74, 6) is -0.756. The van der Waals surface area contributed by atoms with Crippen LogP contribution < -0.4 is 0 Å². The van der Waals surface area contributed by atoms with Crippen LogP contribution in [0.4, 0.5) is 0 Å². The Hall–Kier alpha value is -1.96. The first kappa shape index (κ1) is 18.8. The first-order chi connectivity index (χ1) is 12.5. The van der Waals surface area contributed by atoms with Gasteiger partial charge in [-0.15, -0.1) is 5.10 Å². The van der Waals surface area contributed by atoms with Gasteiger partial charge in [0.05, 0.1) is 24.1 Å². The van der Waals surface area contributed by atoms with Crippen LogP contribution >= 0.6 is 11.6 Å². The highest BCUT2D eigenvalue weighted by Crippen LogP contribution is 2.18. The van der Waals surface area contributed by atoms with Crippen molar-refractivity contribution in [2.45, 2.75) is 32.4 Å². The van der Waals surface area contributed by atoms with Gasteiger partial charge in [0.25, 0.3) is 0 Å². The second kappa shape index (κ2) is 8.62. The third-order valence-corrected chi connectivity index (χ3v) is 5.09. The van der Waals surface area contributed by atoms with Crippen LogP contribution in [0.5, 0.6) is 0 Å². The number of hydrogen-bond acceptors (Lipinski definition) is 5. The van der Waals surface area contributed by atoms with Gasteiger partial charge in [0.1, 0.15) is 0 Å². The van der Waals surface area contributed by atoms with E-state index in [0.717, 1.165) is 50.4 Å². The Morgan fingerprint density at radius 2 is 2.00 bits per heavy atom. The summed E-state index contributed by atoms with van der Waals surface area (Å²) >= 11 is 5.92. The van der Waals surface area contributed by atoms with E-state index in [4.69, 9.17) is 16.7 Å². The number of rotatable bonds is 7. The molecule has 0 radical (unpaired) electrons. The van der Waals surface area contributed by atoms with Gasteiger partial charge < -0.3 is 5.11 Å². The fraction of sp³-hybridized carbons (Fsp3) is 0.500. The van der Waals surface area contributed by atoms with E-state index in [1.165, 1.54) is 0 Å². The summed E-state index contributed by atoms with van der Waals surface area (Å²) < 4.78 is 1.75. The molecule has 0 saturated carbocycles. The van der Waals surface area contributed by atoms with E-state index in [1.807, 2.05) is 37.4 Å². The number of halogens is 1. The summed E-state index contributed by atoms with van der Waals surface area (Å²) in [6.45, 7) is 5.54. The average molecular weight is 378 g/mol. The molecule has 2 aromatic rings. The van der Waals surface area contributed by atoms with Gasteiger partial charge in [0.15, 0.2) is 0 Å². The first-order valence-corrected chi connectivity index (χ1v) is 9.28. The highest BCUT2D eigenvalue weighted by molar-refractivity contribution is 6.30. The quantitative estimate of drug-likeness (QED) is 0.798. The van der Waals surface area contributed by atoms with Gasteiger partial charge in [-0.2, -0.15) is 0 Å². The maximum atomic E-state index is 11.0. The molecule has 26 heavy (non-hydrogen) atoms. The summed E-state index contributed by atoms with van der Waals surface area (Å²) in [6, 6.07) is 7.83. The number of hydrogen-bond donors (Lipinski definition) is 1. The molecule has 140 valence electrons. The van der Waals surface area contributed by atoms with Gasteiger partial charge in [-0.1, -0.05) is 23.7 Å². The van der Waals surface area contributed by atoms with Gasteiger partial charge >= 0.3 is 5.97 Å². The minimum atomic E-state index is -0.756. The highest BCUT2D eigenvalue weighted by atomic mass is 35.5. The predicted octanol–water partition coefficient (Wildman–Crippen LogP) is 2.29. The van der Waals surface area contributed by atoms with Crippen molar-refractivity contribution in [2.75, 3.05) is 26.2 Å². The van der Waals surface area contributed by atoms with Crippen LogP contribution in [0.2, 0.25) is 5.02 Å². The summed E-state index contributed by atoms with van der Waals surface area (Å²) in [5, 5.41) is 18.2. The van der Waals surface area contributed by atoms with Crippen LogP contribution in [0.15, 0.2) is 30.5 Å². The molecule has 0 bridgehead atoms. The SMILES string of the molecule is CCN(CC(=O)O)C1CCN(Cc2cn(-c3ccc(Cl)cc3)nn2)CC1. The molecule has 0 unspecified atom stereocenters. The van der Waals surface area contributed by atoms with Crippen molar-refractivity contribution < 1.29 is 9.90 Å². The molecule has 7 nitrogen and oxygen atoms in total. The Kier molecular flexibility index (Phi) is 6.24. The van der Waals surface area contributed by atoms with Crippen molar-refractivity contribution in [3.05, 3.63) is 41.2 Å². The molecule has 8 heteroatoms. The second-order valence-electron chi connectivity index (χ2n) is 6.60. The lowest BCUT2D eigenvalue weighted by atomic mass is 10.0. The number of carbonyl (C=O) groups is 1. The largest absolute Gasteiger partial charge is 0.480 e. The minimum Gasteiger partial charge on any atom is -0.480 e. The molecule has 3 rings (SSSR count). The Labute approximate surface area is 158 Å². The van der Waals surface area contributed by atoms with Gasteiger partial charge in [-0.05, 0) is 43.7 Å². The fourth-order valence-electron chi connectivity index (χ4n) is 3.44. The van der Waals surface area contributed by atoms with Crippen LogP contribution in [0, 0.1) is 0 Å². The van der Waals surface area contributed by atoms with E-state index < -0.39 is 5.97 Å². The second-order valence-corrected chi connectivity index (χ2v) is 7.03. The van der Waals surface area contributed by atoms with Crippen LogP contribution in [-0.4, -0.2) is 68.1 Å². The number of nitrogens with zero attached hydrogens (tertiary/aromatic N) is 5. The highest BCUT2D eigenvalue weighted by Gasteiger charge is 2.25. The number of benzene rings is 1. The number of likely N-dealkylation sites (tertiary alicyclic amines) is 1. The van der Waals surface area contributed by atoms with Gasteiger partial charge in [-0.25, -0.2) is 4.68 Å². The average Bonchev–Trinajstić information content (AvgIpc) is 3.09. The molecule has 1 fully saturated rings. The number of aliphatic carboxylic acids is 1. The van der Waals surface area contributed by atoms with E-state index in [2.05, 4.69) is 20.1 Å². The van der Waals surface area contributed by atoms with Crippen molar-refractivity contribution in [3.63, 3.8) is 0 Å². The molecule has 0 amide bonds. The maximum Gasteiger partial charge on any atom is 0.317 e. The molecule has 1 aliphatic rings. The summed E-state index contributed by atoms with van der Waals surface area (Å²) in [5.41, 5.74) is 1.86. The number of carboxylic acid groups (broad SMARTS) is 1. The zero-order valence-corrected chi connectivity index (χ0v) is 15.6.